The molecule has 0 saturated heterocycles. The first-order valence-electron chi connectivity index (χ1n) is 15.3. The van der Waals surface area contributed by atoms with Gasteiger partial charge in [0, 0.05) is 43.1 Å². The van der Waals surface area contributed by atoms with Crippen molar-refractivity contribution in [2.24, 2.45) is 5.41 Å². The van der Waals surface area contributed by atoms with Crippen molar-refractivity contribution in [2.75, 3.05) is 21.3 Å². The van der Waals surface area contributed by atoms with Gasteiger partial charge in [0.15, 0.2) is 5.41 Å². The highest BCUT2D eigenvalue weighted by Gasteiger charge is 2.54. The highest BCUT2D eigenvalue weighted by Crippen LogP contribution is 2.54. The van der Waals surface area contributed by atoms with Gasteiger partial charge in [-0.1, -0.05) is 72.8 Å². The topological polar surface area (TPSA) is 92.0 Å². The second kappa shape index (κ2) is 14.0. The van der Waals surface area contributed by atoms with E-state index in [9.17, 15) is 27.6 Å². The van der Waals surface area contributed by atoms with Crippen LogP contribution >= 0.6 is 0 Å². The molecule has 0 bridgehead atoms. The summed E-state index contributed by atoms with van der Waals surface area (Å²) in [6.07, 6.45) is -5.94. The number of rotatable bonds is 10. The van der Waals surface area contributed by atoms with Gasteiger partial charge in [-0.3, -0.25) is 9.59 Å². The minimum atomic E-state index is -4.65. The summed E-state index contributed by atoms with van der Waals surface area (Å²) >= 11 is 0. The number of benzene rings is 3. The maximum atomic E-state index is 14.0. The van der Waals surface area contributed by atoms with Crippen LogP contribution in [-0.4, -0.2) is 39.1 Å². The van der Waals surface area contributed by atoms with Crippen LogP contribution in [0.1, 0.15) is 65.9 Å². The number of fused-ring (bicyclic) bond motifs is 1. The monoisotopic (exact) mass is 660 g/mol. The first kappa shape index (κ1) is 34.4. The van der Waals surface area contributed by atoms with Crippen LogP contribution in [0.4, 0.5) is 13.2 Å². The molecule has 5 rings (SSSR count). The number of hydrogen-bond acceptors (Lipinski definition) is 7. The molecule has 1 aromatic heterocycles. The van der Waals surface area contributed by atoms with Crippen molar-refractivity contribution >= 4 is 28.9 Å². The molecule has 0 spiro atoms. The molecule has 0 radical (unpaired) electrons. The fourth-order valence-corrected chi connectivity index (χ4v) is 6.45. The van der Waals surface area contributed by atoms with E-state index >= 15 is 0 Å². The third-order valence-corrected chi connectivity index (χ3v) is 8.68. The Kier molecular flexibility index (Phi) is 10.0. The fraction of sp³-hybridized carbons (Fsp3) is 0.289. The second-order valence-corrected chi connectivity index (χ2v) is 11.7. The van der Waals surface area contributed by atoms with Gasteiger partial charge < -0.3 is 23.4 Å². The maximum absolute atomic E-state index is 14.0. The van der Waals surface area contributed by atoms with Crippen molar-refractivity contribution in [2.45, 2.75) is 44.9 Å². The van der Waals surface area contributed by atoms with Crippen LogP contribution in [0.25, 0.3) is 22.5 Å². The maximum Gasteiger partial charge on any atom is 0.416 e. The van der Waals surface area contributed by atoms with Crippen LogP contribution in [0.15, 0.2) is 89.3 Å². The first-order valence-corrected chi connectivity index (χ1v) is 15.3. The Bertz CT molecular complexity index is 1820. The molecule has 0 amide bonds. The molecule has 10 heteroatoms. The van der Waals surface area contributed by atoms with Crippen LogP contribution in [0.3, 0.4) is 0 Å². The zero-order chi connectivity index (χ0) is 34.6. The average Bonchev–Trinajstić information content (AvgIpc) is 3.47. The SMILES string of the molecule is COC(=O)C1(C(=O)OC)C/C(=C(/CCC(C)=O)c2cccc(C(F)(F)F)c2)c2c(oc(-c3ccccc3)c2[C@H](OC)c2ccccc2)C1. The van der Waals surface area contributed by atoms with E-state index < -0.39 is 35.2 Å². The quantitative estimate of drug-likeness (QED) is 0.125. The van der Waals surface area contributed by atoms with E-state index in [1.54, 1.807) is 0 Å². The summed E-state index contributed by atoms with van der Waals surface area (Å²) in [7, 11) is 3.83. The molecule has 0 unspecified atom stereocenters. The molecule has 7 nitrogen and oxygen atoms in total. The Morgan fingerprint density at radius 3 is 2.02 bits per heavy atom. The number of esters is 2. The van der Waals surface area contributed by atoms with Crippen LogP contribution in [0, 0.1) is 5.41 Å². The Balaban J connectivity index is 1.96. The number of carbonyl (C=O) groups is 3. The number of halogens is 3. The van der Waals surface area contributed by atoms with Gasteiger partial charge in [-0.2, -0.15) is 13.2 Å². The average molecular weight is 661 g/mol. The number of hydrogen-bond donors (Lipinski definition) is 0. The Labute approximate surface area is 276 Å². The summed E-state index contributed by atoms with van der Waals surface area (Å²) < 4.78 is 65.1. The molecule has 0 aliphatic heterocycles. The van der Waals surface area contributed by atoms with Crippen LogP contribution in [-0.2, 0) is 41.2 Å². The lowest BCUT2D eigenvalue weighted by Gasteiger charge is -2.34. The van der Waals surface area contributed by atoms with Crippen molar-refractivity contribution in [3.63, 3.8) is 0 Å². The normalized spacial score (nSPS) is 15.6. The van der Waals surface area contributed by atoms with Crippen molar-refractivity contribution in [1.82, 2.24) is 0 Å². The third kappa shape index (κ3) is 6.57. The Morgan fingerprint density at radius 1 is 0.833 bits per heavy atom. The van der Waals surface area contributed by atoms with E-state index in [-0.39, 0.29) is 42.8 Å². The van der Waals surface area contributed by atoms with Crippen LogP contribution in [0.2, 0.25) is 0 Å². The summed E-state index contributed by atoms with van der Waals surface area (Å²) in [6.45, 7) is 1.39. The number of ketones is 1. The standard InChI is InChI=1S/C38H35F3O7/c1-23(42)18-19-28(26-16-11-17-27(20-26)38(39,40)41)29-21-37(35(43)46-3,36(44)47-4)22-30-31(29)32(33(45-2)24-12-7-5-8-13-24)34(48-30)25-14-9-6-10-15-25/h5-17,20,33H,18-19,21-22H2,1-4H3/b29-28+/t33-/m1/s1. The minimum Gasteiger partial charge on any atom is -0.468 e. The number of Topliss-reactive ketones (excluding diaryl/α,β-unsaturated/α-hetero) is 1. The lowest BCUT2D eigenvalue weighted by molar-refractivity contribution is -0.169. The molecule has 250 valence electrons. The fourth-order valence-electron chi connectivity index (χ4n) is 6.45. The van der Waals surface area contributed by atoms with Crippen molar-refractivity contribution in [3.05, 3.63) is 119 Å². The van der Waals surface area contributed by atoms with Crippen molar-refractivity contribution < 1.29 is 46.2 Å². The van der Waals surface area contributed by atoms with E-state index in [0.29, 0.717) is 33.6 Å². The molecule has 1 heterocycles. The largest absolute Gasteiger partial charge is 0.468 e. The zero-order valence-corrected chi connectivity index (χ0v) is 27.0. The van der Waals surface area contributed by atoms with Gasteiger partial charge in [0.25, 0.3) is 0 Å². The van der Waals surface area contributed by atoms with Gasteiger partial charge in [-0.25, -0.2) is 0 Å². The summed E-state index contributed by atoms with van der Waals surface area (Å²) in [5, 5.41) is 0. The molecule has 1 aliphatic rings. The molecule has 3 aromatic carbocycles. The predicted molar refractivity (Wildman–Crippen MR) is 172 cm³/mol. The van der Waals surface area contributed by atoms with Crippen molar-refractivity contribution in [1.29, 1.82) is 0 Å². The molecule has 0 saturated carbocycles. The molecule has 1 atom stereocenters. The van der Waals surface area contributed by atoms with Gasteiger partial charge in [0.2, 0.25) is 0 Å². The molecular formula is C38H35F3O7. The predicted octanol–water partition coefficient (Wildman–Crippen LogP) is 8.26. The van der Waals surface area contributed by atoms with Crippen LogP contribution < -0.4 is 0 Å². The molecule has 0 fully saturated rings. The van der Waals surface area contributed by atoms with E-state index in [2.05, 4.69) is 0 Å². The number of methoxy groups -OCH3 is 3. The van der Waals surface area contributed by atoms with Gasteiger partial charge in [0.05, 0.1) is 19.8 Å². The van der Waals surface area contributed by atoms with E-state index in [0.717, 1.165) is 31.9 Å². The number of carbonyl (C=O) groups excluding carboxylic acids is 3. The minimum absolute atomic E-state index is 0.0120. The molecule has 0 N–H and O–H groups in total. The highest BCUT2D eigenvalue weighted by atomic mass is 19.4. The molecule has 4 aromatic rings. The second-order valence-electron chi connectivity index (χ2n) is 11.7. The van der Waals surface area contributed by atoms with Gasteiger partial charge in [0.1, 0.15) is 23.4 Å². The molecular weight excluding hydrogens is 625 g/mol. The number of alkyl halides is 3. The summed E-state index contributed by atoms with van der Waals surface area (Å²) in [5.41, 5.74) is 0.547. The summed E-state index contributed by atoms with van der Waals surface area (Å²) in [5.74, 6) is -1.35. The number of allylic oxidation sites excluding steroid dienone is 2. The first-order chi connectivity index (χ1) is 22.9. The van der Waals surface area contributed by atoms with Gasteiger partial charge in [-0.15, -0.1) is 0 Å². The smallest absolute Gasteiger partial charge is 0.416 e. The van der Waals surface area contributed by atoms with E-state index in [1.807, 2.05) is 60.7 Å². The lowest BCUT2D eigenvalue weighted by atomic mass is 9.68. The number of furan rings is 1. The highest BCUT2D eigenvalue weighted by molar-refractivity contribution is 6.06. The lowest BCUT2D eigenvalue weighted by Crippen LogP contribution is -2.45. The Hall–Kier alpha value is -4.96. The van der Waals surface area contributed by atoms with Crippen molar-refractivity contribution in [3.8, 4) is 11.3 Å². The molecule has 48 heavy (non-hydrogen) atoms. The molecule has 1 aliphatic carbocycles. The van der Waals surface area contributed by atoms with E-state index in [4.69, 9.17) is 18.6 Å². The Morgan fingerprint density at radius 2 is 1.46 bits per heavy atom. The zero-order valence-electron chi connectivity index (χ0n) is 27.0. The van der Waals surface area contributed by atoms with Gasteiger partial charge >= 0.3 is 18.1 Å². The van der Waals surface area contributed by atoms with E-state index in [1.165, 1.54) is 26.2 Å². The third-order valence-electron chi connectivity index (χ3n) is 8.68. The van der Waals surface area contributed by atoms with Gasteiger partial charge in [-0.05, 0) is 47.8 Å². The number of ether oxygens (including phenoxy) is 3. The van der Waals surface area contributed by atoms with Crippen LogP contribution in [0.5, 0.6) is 0 Å². The summed E-state index contributed by atoms with van der Waals surface area (Å²) in [4.78, 5) is 39.6. The summed E-state index contributed by atoms with van der Waals surface area (Å²) in [6, 6.07) is 23.3.